The van der Waals surface area contributed by atoms with Gasteiger partial charge in [0.2, 0.25) is 5.78 Å². The number of halogens is 4. The highest BCUT2D eigenvalue weighted by atomic mass is 35.5. The number of nitrogens with one attached hydrogen (secondary N) is 1. The van der Waals surface area contributed by atoms with Gasteiger partial charge in [-0.05, 0) is 31.2 Å². The number of ether oxygens (including phenoxy) is 3. The maximum atomic E-state index is 12.0. The normalized spacial score (nSPS) is 11.1. The molecule has 0 aliphatic carbocycles. The molecule has 0 fully saturated rings. The molecule has 6 N–H and O–H groups in total. The summed E-state index contributed by atoms with van der Waals surface area (Å²) in [6.07, 6.45) is -1.27. The van der Waals surface area contributed by atoms with E-state index >= 15 is 0 Å². The molecule has 2 aromatic rings. The molecule has 246 valence electrons. The summed E-state index contributed by atoms with van der Waals surface area (Å²) in [5, 5.41) is 26.7. The van der Waals surface area contributed by atoms with E-state index < -0.39 is 73.4 Å². The molecule has 0 unspecified atom stereocenters. The molecule has 1 amide bonds. The number of rotatable bonds is 11. The molecule has 15 nitrogen and oxygen atoms in total. The van der Waals surface area contributed by atoms with E-state index in [1.807, 2.05) is 0 Å². The standard InChI is InChI=1S/C17H10Cl4O5.C5H9NO4.C4H7NO4/c18-10-3-1-4-11(19)14(10)16(23)25-7-9(22)8-26-17(24)15-12(20)5-2-6-13(15)21;1-3(4(7)8)6-5(9)10-2;5-2(4(8)9)1-3(6)7/h1-6H,7-8H2;3H,1-2H3,(H,6,9)(H,7,8);2H,1,5H2,(H,6,7)(H,8,9)/t;3-;2-/m.00/s1. The van der Waals surface area contributed by atoms with Crippen LogP contribution in [0.2, 0.25) is 20.1 Å². The second-order valence-electron chi connectivity index (χ2n) is 8.12. The first-order chi connectivity index (χ1) is 20.9. The second kappa shape index (κ2) is 20.7. The van der Waals surface area contributed by atoms with E-state index in [2.05, 4.69) is 10.1 Å². The molecule has 0 spiro atoms. The van der Waals surface area contributed by atoms with Crippen LogP contribution in [0.25, 0.3) is 0 Å². The van der Waals surface area contributed by atoms with Crippen LogP contribution in [-0.2, 0) is 33.4 Å². The number of methoxy groups -OCH3 is 1. The van der Waals surface area contributed by atoms with Gasteiger partial charge in [-0.3, -0.25) is 19.2 Å². The Labute approximate surface area is 275 Å². The van der Waals surface area contributed by atoms with Gasteiger partial charge in [-0.15, -0.1) is 0 Å². The summed E-state index contributed by atoms with van der Waals surface area (Å²) in [6, 6.07) is 6.76. The Hall–Kier alpha value is -4.15. The number of hydrogen-bond acceptors (Lipinski definition) is 11. The molecule has 0 heterocycles. The van der Waals surface area contributed by atoms with Crippen molar-refractivity contribution in [2.45, 2.75) is 25.4 Å². The van der Waals surface area contributed by atoms with Crippen molar-refractivity contribution in [1.82, 2.24) is 5.32 Å². The fraction of sp³-hybridized carbons (Fsp3) is 0.269. The van der Waals surface area contributed by atoms with Gasteiger partial charge in [-0.1, -0.05) is 58.5 Å². The van der Waals surface area contributed by atoms with Crippen molar-refractivity contribution in [3.8, 4) is 0 Å². The Balaban J connectivity index is 0.000000836. The van der Waals surface area contributed by atoms with E-state index in [9.17, 15) is 33.6 Å². The zero-order valence-electron chi connectivity index (χ0n) is 23.3. The van der Waals surface area contributed by atoms with Crippen molar-refractivity contribution in [3.05, 3.63) is 67.6 Å². The molecule has 2 rings (SSSR count). The summed E-state index contributed by atoms with van der Waals surface area (Å²) >= 11 is 23.5. The third-order valence-electron chi connectivity index (χ3n) is 4.66. The number of carboxylic acid groups (broad SMARTS) is 3. The smallest absolute Gasteiger partial charge is 0.407 e. The van der Waals surface area contributed by atoms with Crippen molar-refractivity contribution >= 4 is 88.1 Å². The van der Waals surface area contributed by atoms with Gasteiger partial charge < -0.3 is 40.6 Å². The van der Waals surface area contributed by atoms with E-state index in [4.69, 9.17) is 76.9 Å². The van der Waals surface area contributed by atoms with Crippen LogP contribution in [-0.4, -0.2) is 89.4 Å². The lowest BCUT2D eigenvalue weighted by Crippen LogP contribution is -2.38. The van der Waals surface area contributed by atoms with E-state index in [1.54, 1.807) is 12.1 Å². The highest BCUT2D eigenvalue weighted by molar-refractivity contribution is 6.40. The molecule has 0 saturated carbocycles. The number of ketones is 1. The van der Waals surface area contributed by atoms with Crippen LogP contribution in [0.3, 0.4) is 0 Å². The molecular weight excluding hydrogens is 690 g/mol. The number of alkyl carbamates (subject to hydrolysis) is 1. The SMILES string of the molecule is COC(=O)N[C@@H](C)C(=O)O.N[C@@H](CC(=O)O)C(=O)O.O=C(COC(=O)c1c(Cl)cccc1Cl)COC(=O)c1c(Cl)cccc1Cl. The van der Waals surface area contributed by atoms with Crippen LogP contribution in [0.1, 0.15) is 34.1 Å². The zero-order chi connectivity index (χ0) is 34.9. The molecule has 0 aromatic heterocycles. The topological polar surface area (TPSA) is 246 Å². The maximum Gasteiger partial charge on any atom is 0.407 e. The number of carbonyl (C=O) groups excluding carboxylic acids is 4. The lowest BCUT2D eigenvalue weighted by atomic mass is 10.2. The second-order valence-corrected chi connectivity index (χ2v) is 9.75. The lowest BCUT2D eigenvalue weighted by Gasteiger charge is -2.09. The minimum absolute atomic E-state index is 0.0523. The predicted octanol–water partition coefficient (Wildman–Crippen LogP) is 3.57. The molecular formula is C26H26Cl4N2O13. The van der Waals surface area contributed by atoms with Crippen LogP contribution in [0, 0.1) is 0 Å². The van der Waals surface area contributed by atoms with Gasteiger partial charge in [-0.25, -0.2) is 14.4 Å². The first-order valence-corrected chi connectivity index (χ1v) is 13.4. The van der Waals surface area contributed by atoms with Gasteiger partial charge in [0.05, 0.1) is 44.7 Å². The number of carbonyl (C=O) groups is 7. The number of nitrogens with two attached hydrogens (primary N) is 1. The minimum Gasteiger partial charge on any atom is -0.481 e. The van der Waals surface area contributed by atoms with Crippen LogP contribution in [0.4, 0.5) is 4.79 Å². The van der Waals surface area contributed by atoms with Crippen LogP contribution in [0.15, 0.2) is 36.4 Å². The third kappa shape index (κ3) is 15.9. The summed E-state index contributed by atoms with van der Waals surface area (Å²) in [4.78, 5) is 75.7. The van der Waals surface area contributed by atoms with Crippen molar-refractivity contribution in [3.63, 3.8) is 0 Å². The van der Waals surface area contributed by atoms with Gasteiger partial charge in [-0.2, -0.15) is 0 Å². The Morgan fingerprint density at radius 2 is 1.13 bits per heavy atom. The average molecular weight is 716 g/mol. The number of Topliss-reactive ketones (excluding diaryl/α,β-unsaturated/α-hetero) is 1. The number of amides is 1. The molecule has 0 aliphatic heterocycles. The molecule has 2 atom stereocenters. The quantitative estimate of drug-likeness (QED) is 0.165. The van der Waals surface area contributed by atoms with Crippen LogP contribution < -0.4 is 11.1 Å². The van der Waals surface area contributed by atoms with E-state index in [-0.39, 0.29) is 31.2 Å². The number of aliphatic carboxylic acids is 3. The summed E-state index contributed by atoms with van der Waals surface area (Å²) in [6.45, 7) is 0.104. The molecule has 45 heavy (non-hydrogen) atoms. The van der Waals surface area contributed by atoms with Crippen molar-refractivity contribution in [2.75, 3.05) is 20.3 Å². The minimum atomic E-state index is -1.29. The average Bonchev–Trinajstić information content (AvgIpc) is 2.94. The predicted molar refractivity (Wildman–Crippen MR) is 159 cm³/mol. The Bertz CT molecular complexity index is 1290. The maximum absolute atomic E-state index is 12.0. The fourth-order valence-electron chi connectivity index (χ4n) is 2.44. The van der Waals surface area contributed by atoms with Gasteiger partial charge >= 0.3 is 35.9 Å². The molecule has 19 heteroatoms. The van der Waals surface area contributed by atoms with Crippen molar-refractivity contribution < 1.29 is 63.1 Å². The number of esters is 2. The molecule has 0 saturated heterocycles. The van der Waals surface area contributed by atoms with E-state index in [1.165, 1.54) is 38.3 Å². The van der Waals surface area contributed by atoms with E-state index in [0.717, 1.165) is 0 Å². The lowest BCUT2D eigenvalue weighted by molar-refractivity contribution is -0.144. The Morgan fingerprint density at radius 3 is 1.40 bits per heavy atom. The number of hydrogen-bond donors (Lipinski definition) is 5. The highest BCUT2D eigenvalue weighted by Crippen LogP contribution is 2.26. The summed E-state index contributed by atoms with van der Waals surface area (Å²) in [5.41, 5.74) is 4.73. The van der Waals surface area contributed by atoms with Crippen molar-refractivity contribution in [1.29, 1.82) is 0 Å². The van der Waals surface area contributed by atoms with Crippen LogP contribution >= 0.6 is 46.4 Å². The fourth-order valence-corrected chi connectivity index (χ4v) is 3.54. The Morgan fingerprint density at radius 1 is 0.756 bits per heavy atom. The largest absolute Gasteiger partial charge is 0.481 e. The highest BCUT2D eigenvalue weighted by Gasteiger charge is 2.20. The van der Waals surface area contributed by atoms with Gasteiger partial charge in [0.15, 0.2) is 13.2 Å². The monoisotopic (exact) mass is 714 g/mol. The first-order valence-electron chi connectivity index (χ1n) is 11.9. The van der Waals surface area contributed by atoms with E-state index in [0.29, 0.717) is 0 Å². The molecule has 2 aromatic carbocycles. The molecule has 0 bridgehead atoms. The summed E-state index contributed by atoms with van der Waals surface area (Å²) in [7, 11) is 1.17. The Kier molecular flexibility index (Phi) is 18.8. The van der Waals surface area contributed by atoms with Gasteiger partial charge in [0.1, 0.15) is 12.1 Å². The summed E-state index contributed by atoms with van der Waals surface area (Å²) < 4.78 is 13.8. The van der Waals surface area contributed by atoms with Crippen molar-refractivity contribution in [2.24, 2.45) is 5.73 Å². The molecule has 0 radical (unpaired) electrons. The van der Waals surface area contributed by atoms with Gasteiger partial charge in [0.25, 0.3) is 0 Å². The van der Waals surface area contributed by atoms with Gasteiger partial charge in [0, 0.05) is 0 Å². The third-order valence-corrected chi connectivity index (χ3v) is 5.92. The zero-order valence-corrected chi connectivity index (χ0v) is 26.3. The number of carboxylic acids is 3. The molecule has 0 aliphatic rings. The van der Waals surface area contributed by atoms with Crippen LogP contribution in [0.5, 0.6) is 0 Å². The first kappa shape index (κ1) is 40.9. The summed E-state index contributed by atoms with van der Waals surface area (Å²) in [5.74, 6) is -5.98. The number of benzene rings is 2.